The Morgan fingerprint density at radius 3 is 2.60 bits per heavy atom. The molecule has 30 heavy (non-hydrogen) atoms. The molecule has 0 spiro atoms. The van der Waals surface area contributed by atoms with Crippen molar-refractivity contribution in [2.75, 3.05) is 17.2 Å². The number of H-pyrrole nitrogens is 1. The highest BCUT2D eigenvalue weighted by atomic mass is 16.6. The zero-order valence-corrected chi connectivity index (χ0v) is 18.1. The monoisotopic (exact) mass is 417 g/mol. The van der Waals surface area contributed by atoms with Crippen molar-refractivity contribution in [3.63, 3.8) is 0 Å². The van der Waals surface area contributed by atoms with Crippen LogP contribution in [0.2, 0.25) is 0 Å². The Bertz CT molecular complexity index is 1010. The number of aromatic amines is 1. The predicted octanol–water partition coefficient (Wildman–Crippen LogP) is 3.19. The Hall–Kier alpha value is -3.10. The summed E-state index contributed by atoms with van der Waals surface area (Å²) in [5.41, 5.74) is 6.78. The molecule has 2 aromatic rings. The number of nitro benzene ring substituents is 1. The molecule has 0 saturated carbocycles. The third-order valence-electron chi connectivity index (χ3n) is 5.22. The van der Waals surface area contributed by atoms with Crippen LogP contribution < -0.4 is 21.9 Å². The molecule has 1 aromatic carbocycles. The van der Waals surface area contributed by atoms with Crippen molar-refractivity contribution >= 4 is 17.2 Å². The van der Waals surface area contributed by atoms with Crippen molar-refractivity contribution in [2.24, 2.45) is 5.92 Å². The molecule has 0 atom stereocenters. The minimum Gasteiger partial charge on any atom is -0.383 e. The summed E-state index contributed by atoms with van der Waals surface area (Å²) in [6.45, 7) is 9.08. The lowest BCUT2D eigenvalue weighted by Crippen LogP contribution is -2.39. The number of rotatable bonds is 10. The van der Waals surface area contributed by atoms with Gasteiger partial charge in [0.15, 0.2) is 0 Å². The SMILES string of the molecule is CCCCn1c(N)c(N(CCC(C)C)Cc2cccc([N+](=O)[O-])c2C)c(=O)[nH]c1=O. The number of nitrogens with one attached hydrogen (secondary N) is 1. The first kappa shape index (κ1) is 23.2. The van der Waals surface area contributed by atoms with Crippen LogP contribution >= 0.6 is 0 Å². The highest BCUT2D eigenvalue weighted by Crippen LogP contribution is 2.26. The van der Waals surface area contributed by atoms with E-state index in [4.69, 9.17) is 5.73 Å². The number of anilines is 2. The summed E-state index contributed by atoms with van der Waals surface area (Å²) in [5, 5.41) is 11.3. The van der Waals surface area contributed by atoms with E-state index >= 15 is 0 Å². The van der Waals surface area contributed by atoms with E-state index < -0.39 is 16.2 Å². The molecule has 3 N–H and O–H groups in total. The van der Waals surface area contributed by atoms with Gasteiger partial charge in [-0.3, -0.25) is 24.5 Å². The fourth-order valence-corrected chi connectivity index (χ4v) is 3.35. The van der Waals surface area contributed by atoms with Gasteiger partial charge in [0, 0.05) is 31.3 Å². The lowest BCUT2D eigenvalue weighted by molar-refractivity contribution is -0.385. The van der Waals surface area contributed by atoms with Crippen molar-refractivity contribution < 1.29 is 4.92 Å². The van der Waals surface area contributed by atoms with Gasteiger partial charge in [-0.05, 0) is 31.2 Å². The molecule has 0 bridgehead atoms. The van der Waals surface area contributed by atoms with Gasteiger partial charge in [-0.1, -0.05) is 39.3 Å². The van der Waals surface area contributed by atoms with E-state index in [1.165, 1.54) is 10.6 Å². The van der Waals surface area contributed by atoms with Crippen molar-refractivity contribution in [1.29, 1.82) is 0 Å². The van der Waals surface area contributed by atoms with Crippen LogP contribution in [0, 0.1) is 23.0 Å². The van der Waals surface area contributed by atoms with E-state index in [1.54, 1.807) is 13.0 Å². The smallest absolute Gasteiger partial charge is 0.330 e. The molecule has 0 unspecified atom stereocenters. The fraction of sp³-hybridized carbons (Fsp3) is 0.524. The molecule has 0 saturated heterocycles. The second kappa shape index (κ2) is 10.1. The van der Waals surface area contributed by atoms with Gasteiger partial charge in [0.25, 0.3) is 11.2 Å². The molecule has 2 rings (SSSR count). The van der Waals surface area contributed by atoms with E-state index in [1.807, 2.05) is 17.9 Å². The zero-order chi connectivity index (χ0) is 22.4. The van der Waals surface area contributed by atoms with Crippen LogP contribution in [-0.4, -0.2) is 21.0 Å². The molecule has 0 aliphatic carbocycles. The van der Waals surface area contributed by atoms with Crippen LogP contribution in [0.25, 0.3) is 0 Å². The highest BCUT2D eigenvalue weighted by Gasteiger charge is 2.21. The molecular weight excluding hydrogens is 386 g/mol. The average Bonchev–Trinajstić information content (AvgIpc) is 2.66. The van der Waals surface area contributed by atoms with Crippen LogP contribution in [0.4, 0.5) is 17.2 Å². The molecule has 0 aliphatic heterocycles. The predicted molar refractivity (Wildman–Crippen MR) is 119 cm³/mol. The van der Waals surface area contributed by atoms with Crippen molar-refractivity contribution in [3.8, 4) is 0 Å². The van der Waals surface area contributed by atoms with Gasteiger partial charge in [-0.15, -0.1) is 0 Å². The lowest BCUT2D eigenvalue weighted by Gasteiger charge is -2.27. The number of hydrogen-bond acceptors (Lipinski definition) is 6. The Morgan fingerprint density at radius 1 is 1.30 bits per heavy atom. The minimum absolute atomic E-state index is 0.0334. The molecule has 1 heterocycles. The van der Waals surface area contributed by atoms with Gasteiger partial charge >= 0.3 is 5.69 Å². The minimum atomic E-state index is -0.544. The third-order valence-corrected chi connectivity index (χ3v) is 5.22. The summed E-state index contributed by atoms with van der Waals surface area (Å²) in [4.78, 5) is 40.1. The molecule has 0 amide bonds. The van der Waals surface area contributed by atoms with E-state index in [0.717, 1.165) is 24.8 Å². The Morgan fingerprint density at radius 2 is 2.00 bits per heavy atom. The van der Waals surface area contributed by atoms with Crippen molar-refractivity contribution in [3.05, 3.63) is 60.3 Å². The summed E-state index contributed by atoms with van der Waals surface area (Å²) in [7, 11) is 0. The molecule has 0 aliphatic rings. The molecule has 1 aromatic heterocycles. The van der Waals surface area contributed by atoms with Gasteiger partial charge in [-0.25, -0.2) is 4.79 Å². The number of benzene rings is 1. The second-order valence-corrected chi connectivity index (χ2v) is 7.92. The fourth-order valence-electron chi connectivity index (χ4n) is 3.35. The Balaban J connectivity index is 2.56. The lowest BCUT2D eigenvalue weighted by atomic mass is 10.0. The van der Waals surface area contributed by atoms with Crippen LogP contribution in [0.3, 0.4) is 0 Å². The summed E-state index contributed by atoms with van der Waals surface area (Å²) < 4.78 is 1.39. The Labute approximate surface area is 175 Å². The van der Waals surface area contributed by atoms with Crippen molar-refractivity contribution in [2.45, 2.75) is 60.0 Å². The normalized spacial score (nSPS) is 11.1. The highest BCUT2D eigenvalue weighted by molar-refractivity contribution is 5.63. The summed E-state index contributed by atoms with van der Waals surface area (Å²) >= 11 is 0. The first-order chi connectivity index (χ1) is 14.2. The third kappa shape index (κ3) is 5.28. The van der Waals surface area contributed by atoms with Crippen LogP contribution in [0.5, 0.6) is 0 Å². The first-order valence-electron chi connectivity index (χ1n) is 10.3. The van der Waals surface area contributed by atoms with E-state index in [9.17, 15) is 19.7 Å². The maximum atomic E-state index is 12.7. The average molecular weight is 418 g/mol. The summed E-state index contributed by atoms with van der Waals surface area (Å²) in [6, 6.07) is 4.91. The number of nitrogen functional groups attached to an aromatic ring is 1. The number of aromatic nitrogens is 2. The topological polar surface area (TPSA) is 127 Å². The van der Waals surface area contributed by atoms with Gasteiger partial charge in [-0.2, -0.15) is 0 Å². The van der Waals surface area contributed by atoms with Gasteiger partial charge in [0.2, 0.25) is 0 Å². The Kier molecular flexibility index (Phi) is 7.79. The number of nitrogens with two attached hydrogens (primary N) is 1. The second-order valence-electron chi connectivity index (χ2n) is 7.92. The molecule has 9 nitrogen and oxygen atoms in total. The number of hydrogen-bond donors (Lipinski definition) is 2. The summed E-state index contributed by atoms with van der Waals surface area (Å²) in [5.74, 6) is 0.508. The van der Waals surface area contributed by atoms with E-state index in [-0.39, 0.29) is 23.7 Å². The van der Waals surface area contributed by atoms with Gasteiger partial charge < -0.3 is 10.6 Å². The number of nitro groups is 1. The van der Waals surface area contributed by atoms with E-state index in [2.05, 4.69) is 18.8 Å². The van der Waals surface area contributed by atoms with Gasteiger partial charge in [0.1, 0.15) is 11.5 Å². The first-order valence-corrected chi connectivity index (χ1v) is 10.3. The molecule has 164 valence electrons. The van der Waals surface area contributed by atoms with Crippen LogP contribution in [0.1, 0.15) is 51.2 Å². The van der Waals surface area contributed by atoms with Crippen LogP contribution in [-0.2, 0) is 13.1 Å². The van der Waals surface area contributed by atoms with E-state index in [0.29, 0.717) is 24.6 Å². The maximum Gasteiger partial charge on any atom is 0.330 e. The molecular formula is C21H31N5O4. The standard InChI is InChI=1S/C21H31N5O4/c1-5-6-11-25-19(22)18(20(27)23-21(25)28)24(12-10-14(2)3)13-16-8-7-9-17(15(16)4)26(29)30/h7-9,14H,5-6,10-13,22H2,1-4H3,(H,23,27,28). The quantitative estimate of drug-likeness (QED) is 0.451. The number of unbranched alkanes of at least 4 members (excludes halogenated alkanes) is 1. The van der Waals surface area contributed by atoms with Crippen LogP contribution in [0.15, 0.2) is 27.8 Å². The molecule has 0 fully saturated rings. The van der Waals surface area contributed by atoms with Crippen molar-refractivity contribution in [1.82, 2.24) is 9.55 Å². The maximum absolute atomic E-state index is 12.7. The van der Waals surface area contributed by atoms with Gasteiger partial charge in [0.05, 0.1) is 4.92 Å². The largest absolute Gasteiger partial charge is 0.383 e. The number of nitrogens with zero attached hydrogens (tertiary/aromatic N) is 3. The zero-order valence-electron chi connectivity index (χ0n) is 18.1. The summed E-state index contributed by atoms with van der Waals surface area (Å²) in [6.07, 6.45) is 2.43. The molecule has 9 heteroatoms. The molecule has 0 radical (unpaired) electrons.